The van der Waals surface area contributed by atoms with Gasteiger partial charge in [0.2, 0.25) is 0 Å². The van der Waals surface area contributed by atoms with Crippen molar-refractivity contribution in [2.24, 2.45) is 0 Å². The van der Waals surface area contributed by atoms with Crippen LogP contribution in [0.2, 0.25) is 0 Å². The summed E-state index contributed by atoms with van der Waals surface area (Å²) in [5.41, 5.74) is -1.39. The number of nitriles is 1. The van der Waals surface area contributed by atoms with Gasteiger partial charge in [-0.1, -0.05) is 0 Å². The van der Waals surface area contributed by atoms with Crippen molar-refractivity contribution in [3.8, 4) is 17.5 Å². The van der Waals surface area contributed by atoms with Gasteiger partial charge in [0.15, 0.2) is 5.69 Å². The zero-order valence-electron chi connectivity index (χ0n) is 9.77. The molecular weight excluding hydrogens is 259 g/mol. The van der Waals surface area contributed by atoms with Gasteiger partial charge in [-0.2, -0.15) is 23.5 Å². The molecule has 0 amide bonds. The molecule has 0 fully saturated rings. The van der Waals surface area contributed by atoms with Crippen molar-refractivity contribution >= 4 is 0 Å². The number of aromatic nitrogens is 2. The zero-order chi connectivity index (χ0) is 14.0. The van der Waals surface area contributed by atoms with Gasteiger partial charge in [0.1, 0.15) is 17.4 Å². The first kappa shape index (κ1) is 13.0. The van der Waals surface area contributed by atoms with E-state index in [-0.39, 0.29) is 5.69 Å². The summed E-state index contributed by atoms with van der Waals surface area (Å²) in [5, 5.41) is 12.3. The van der Waals surface area contributed by atoms with Crippen LogP contribution in [0.25, 0.3) is 5.69 Å². The van der Waals surface area contributed by atoms with Crippen molar-refractivity contribution in [3.63, 3.8) is 0 Å². The lowest BCUT2D eigenvalue weighted by Crippen LogP contribution is -2.14. The van der Waals surface area contributed by atoms with Gasteiger partial charge in [0.05, 0.1) is 19.0 Å². The summed E-state index contributed by atoms with van der Waals surface area (Å²) >= 11 is 0. The van der Waals surface area contributed by atoms with Crippen molar-refractivity contribution in [1.29, 1.82) is 5.26 Å². The van der Waals surface area contributed by atoms with Gasteiger partial charge in [-0.15, -0.1) is 0 Å². The lowest BCUT2D eigenvalue weighted by molar-refractivity contribution is -0.143. The van der Waals surface area contributed by atoms with E-state index >= 15 is 0 Å². The van der Waals surface area contributed by atoms with Crippen molar-refractivity contribution in [3.05, 3.63) is 41.7 Å². The molecule has 1 aromatic carbocycles. The first-order valence-electron chi connectivity index (χ1n) is 5.17. The van der Waals surface area contributed by atoms with E-state index in [0.717, 1.165) is 6.20 Å². The maximum absolute atomic E-state index is 12.9. The highest BCUT2D eigenvalue weighted by Gasteiger charge is 2.38. The van der Waals surface area contributed by atoms with Crippen LogP contribution >= 0.6 is 0 Å². The van der Waals surface area contributed by atoms with Crippen LogP contribution in [0.3, 0.4) is 0 Å². The zero-order valence-corrected chi connectivity index (χ0v) is 9.77. The van der Waals surface area contributed by atoms with Crippen LogP contribution in [0, 0.1) is 11.3 Å². The van der Waals surface area contributed by atoms with Gasteiger partial charge in [0.25, 0.3) is 0 Å². The van der Waals surface area contributed by atoms with Crippen LogP contribution in [-0.4, -0.2) is 16.9 Å². The maximum atomic E-state index is 12.9. The third kappa shape index (κ3) is 2.38. The van der Waals surface area contributed by atoms with Crippen LogP contribution < -0.4 is 4.74 Å². The van der Waals surface area contributed by atoms with E-state index in [1.54, 1.807) is 0 Å². The monoisotopic (exact) mass is 267 g/mol. The Morgan fingerprint density at radius 3 is 2.37 bits per heavy atom. The van der Waals surface area contributed by atoms with Gasteiger partial charge in [-0.25, -0.2) is 4.68 Å². The predicted octanol–water partition coefficient (Wildman–Crippen LogP) is 2.77. The minimum atomic E-state index is -4.65. The molecule has 7 heteroatoms. The molecule has 19 heavy (non-hydrogen) atoms. The molecule has 0 spiro atoms. The van der Waals surface area contributed by atoms with Crippen molar-refractivity contribution in [2.75, 3.05) is 7.11 Å². The van der Waals surface area contributed by atoms with E-state index in [9.17, 15) is 13.2 Å². The summed E-state index contributed by atoms with van der Waals surface area (Å²) in [6, 6.07) is 7.39. The molecule has 0 aliphatic carbocycles. The fourth-order valence-corrected chi connectivity index (χ4v) is 1.62. The average Bonchev–Trinajstić information content (AvgIpc) is 2.82. The molecule has 2 aromatic rings. The van der Waals surface area contributed by atoms with E-state index in [1.165, 1.54) is 37.4 Å². The maximum Gasteiger partial charge on any atom is 0.434 e. The minimum Gasteiger partial charge on any atom is -0.497 e. The Morgan fingerprint density at radius 1 is 1.26 bits per heavy atom. The SMILES string of the molecule is COc1ccc(-n2ncc(C#N)c2C(F)(F)F)cc1. The van der Waals surface area contributed by atoms with Gasteiger partial charge < -0.3 is 4.74 Å². The second-order valence-electron chi connectivity index (χ2n) is 3.63. The van der Waals surface area contributed by atoms with E-state index in [0.29, 0.717) is 10.4 Å². The molecular formula is C12H8F3N3O. The second-order valence-corrected chi connectivity index (χ2v) is 3.63. The third-order valence-corrected chi connectivity index (χ3v) is 2.48. The number of methoxy groups -OCH3 is 1. The number of ether oxygens (including phenoxy) is 1. The van der Waals surface area contributed by atoms with Crippen LogP contribution in [0.1, 0.15) is 11.3 Å². The Kier molecular flexibility index (Phi) is 3.17. The number of halogens is 3. The summed E-state index contributed by atoms with van der Waals surface area (Å²) in [5.74, 6) is 0.518. The number of nitrogens with zero attached hydrogens (tertiary/aromatic N) is 3. The molecule has 2 rings (SSSR count). The molecule has 1 aromatic heterocycles. The Labute approximate surface area is 106 Å². The largest absolute Gasteiger partial charge is 0.497 e. The van der Waals surface area contributed by atoms with Gasteiger partial charge in [-0.05, 0) is 24.3 Å². The first-order chi connectivity index (χ1) is 8.97. The molecule has 0 aliphatic rings. The van der Waals surface area contributed by atoms with Crippen molar-refractivity contribution in [2.45, 2.75) is 6.18 Å². The van der Waals surface area contributed by atoms with Crippen LogP contribution in [0.15, 0.2) is 30.5 Å². The quantitative estimate of drug-likeness (QED) is 0.840. The third-order valence-electron chi connectivity index (χ3n) is 2.48. The predicted molar refractivity (Wildman–Crippen MR) is 59.8 cm³/mol. The molecule has 0 saturated heterocycles. The molecule has 0 atom stereocenters. The molecule has 98 valence electrons. The van der Waals surface area contributed by atoms with Crippen LogP contribution in [-0.2, 0) is 6.18 Å². The molecule has 0 N–H and O–H groups in total. The molecule has 0 saturated carbocycles. The Morgan fingerprint density at radius 2 is 1.89 bits per heavy atom. The second kappa shape index (κ2) is 4.65. The van der Waals surface area contributed by atoms with E-state index in [1.807, 2.05) is 0 Å². The Hall–Kier alpha value is -2.49. The average molecular weight is 267 g/mol. The molecule has 0 aliphatic heterocycles. The van der Waals surface area contributed by atoms with Crippen molar-refractivity contribution < 1.29 is 17.9 Å². The number of rotatable bonds is 2. The van der Waals surface area contributed by atoms with Gasteiger partial charge >= 0.3 is 6.18 Å². The lowest BCUT2D eigenvalue weighted by Gasteiger charge is -2.11. The number of benzene rings is 1. The molecule has 0 radical (unpaired) electrons. The number of hydrogen-bond donors (Lipinski definition) is 0. The van der Waals surface area contributed by atoms with Crippen LogP contribution in [0.5, 0.6) is 5.75 Å². The van der Waals surface area contributed by atoms with E-state index < -0.39 is 17.4 Å². The number of hydrogen-bond acceptors (Lipinski definition) is 3. The molecule has 0 unspecified atom stereocenters. The summed E-state index contributed by atoms with van der Waals surface area (Å²) in [6.45, 7) is 0. The topological polar surface area (TPSA) is 50.8 Å². The Balaban J connectivity index is 2.56. The van der Waals surface area contributed by atoms with Gasteiger partial charge in [-0.3, -0.25) is 0 Å². The van der Waals surface area contributed by atoms with E-state index in [4.69, 9.17) is 10.00 Å². The fraction of sp³-hybridized carbons (Fsp3) is 0.167. The molecule has 1 heterocycles. The normalized spacial score (nSPS) is 11.1. The van der Waals surface area contributed by atoms with Crippen LogP contribution in [0.4, 0.5) is 13.2 Å². The smallest absolute Gasteiger partial charge is 0.434 e. The minimum absolute atomic E-state index is 0.203. The first-order valence-corrected chi connectivity index (χ1v) is 5.17. The highest BCUT2D eigenvalue weighted by atomic mass is 19.4. The highest BCUT2D eigenvalue weighted by molar-refractivity contribution is 5.43. The molecule has 0 bridgehead atoms. The number of alkyl halides is 3. The summed E-state index contributed by atoms with van der Waals surface area (Å²) in [7, 11) is 1.46. The standard InChI is InChI=1S/C12H8F3N3O/c1-19-10-4-2-9(3-5-10)18-11(12(13,14)15)8(6-16)7-17-18/h2-5,7H,1H3. The lowest BCUT2D eigenvalue weighted by atomic mass is 10.2. The molecule has 4 nitrogen and oxygen atoms in total. The van der Waals surface area contributed by atoms with Gasteiger partial charge in [0, 0.05) is 0 Å². The fourth-order valence-electron chi connectivity index (χ4n) is 1.62. The summed E-state index contributed by atoms with van der Waals surface area (Å²) < 4.78 is 44.4. The Bertz CT molecular complexity index is 623. The summed E-state index contributed by atoms with van der Waals surface area (Å²) in [6.07, 6.45) is -3.76. The highest BCUT2D eigenvalue weighted by Crippen LogP contribution is 2.33. The van der Waals surface area contributed by atoms with Crippen molar-refractivity contribution in [1.82, 2.24) is 9.78 Å². The summed E-state index contributed by atoms with van der Waals surface area (Å²) in [4.78, 5) is 0. The van der Waals surface area contributed by atoms with E-state index in [2.05, 4.69) is 5.10 Å².